The van der Waals surface area contributed by atoms with Gasteiger partial charge in [-0.1, -0.05) is 23.7 Å². The molecule has 1 heterocycles. The minimum absolute atomic E-state index is 0.126. The van der Waals surface area contributed by atoms with E-state index in [9.17, 15) is 0 Å². The van der Waals surface area contributed by atoms with Crippen molar-refractivity contribution in [1.82, 2.24) is 5.43 Å². The number of halogens is 2. The Bertz CT molecular complexity index is 505. The number of hydrazine groups is 1. The average Bonchev–Trinajstić information content (AvgIpc) is 2.69. The van der Waals surface area contributed by atoms with E-state index < -0.39 is 0 Å². The van der Waals surface area contributed by atoms with Gasteiger partial charge in [0.1, 0.15) is 0 Å². The standard InChI is InChI=1S/C13H14BrClN2S/c1-8-6-12(18-13(8)14)11(17-16)7-9-2-4-10(15)5-3-9/h2-6,11,17H,7,16H2,1H3. The van der Waals surface area contributed by atoms with Gasteiger partial charge in [-0.05, 0) is 58.6 Å². The number of nitrogens with two attached hydrogens (primary N) is 1. The second-order valence-electron chi connectivity index (χ2n) is 4.16. The third kappa shape index (κ3) is 3.33. The van der Waals surface area contributed by atoms with Crippen molar-refractivity contribution >= 4 is 38.9 Å². The van der Waals surface area contributed by atoms with Gasteiger partial charge in [0.05, 0.1) is 9.83 Å². The Morgan fingerprint density at radius 3 is 2.56 bits per heavy atom. The summed E-state index contributed by atoms with van der Waals surface area (Å²) in [6.07, 6.45) is 0.847. The summed E-state index contributed by atoms with van der Waals surface area (Å²) < 4.78 is 1.16. The number of hydrogen-bond donors (Lipinski definition) is 2. The molecule has 5 heteroatoms. The third-order valence-corrected chi connectivity index (χ3v) is 5.28. The van der Waals surface area contributed by atoms with Crippen LogP contribution in [0.4, 0.5) is 0 Å². The molecule has 2 aromatic rings. The van der Waals surface area contributed by atoms with Crippen molar-refractivity contribution < 1.29 is 0 Å². The Kier molecular flexibility index (Phi) is 4.81. The van der Waals surface area contributed by atoms with Crippen LogP contribution in [-0.2, 0) is 6.42 Å². The van der Waals surface area contributed by atoms with E-state index in [4.69, 9.17) is 17.4 Å². The van der Waals surface area contributed by atoms with Gasteiger partial charge in [-0.25, -0.2) is 0 Å². The fourth-order valence-corrected chi connectivity index (χ4v) is 3.51. The lowest BCUT2D eigenvalue weighted by molar-refractivity contribution is 0.560. The largest absolute Gasteiger partial charge is 0.271 e. The van der Waals surface area contributed by atoms with E-state index in [1.807, 2.05) is 24.3 Å². The molecule has 0 bridgehead atoms. The fourth-order valence-electron chi connectivity index (χ4n) is 1.75. The highest BCUT2D eigenvalue weighted by Gasteiger charge is 2.14. The second-order valence-corrected chi connectivity index (χ2v) is 6.99. The Labute approximate surface area is 124 Å². The summed E-state index contributed by atoms with van der Waals surface area (Å²) in [6, 6.07) is 10.2. The minimum Gasteiger partial charge on any atom is -0.271 e. The van der Waals surface area contributed by atoms with Crippen LogP contribution in [-0.4, -0.2) is 0 Å². The number of aryl methyl sites for hydroxylation is 1. The van der Waals surface area contributed by atoms with E-state index >= 15 is 0 Å². The molecule has 0 saturated heterocycles. The van der Waals surface area contributed by atoms with Crippen molar-refractivity contribution in [2.75, 3.05) is 0 Å². The summed E-state index contributed by atoms with van der Waals surface area (Å²) in [7, 11) is 0. The first-order valence-electron chi connectivity index (χ1n) is 5.56. The van der Waals surface area contributed by atoms with Gasteiger partial charge < -0.3 is 0 Å². The fraction of sp³-hybridized carbons (Fsp3) is 0.231. The van der Waals surface area contributed by atoms with Gasteiger partial charge in [-0.3, -0.25) is 11.3 Å². The molecule has 0 aliphatic carbocycles. The summed E-state index contributed by atoms with van der Waals surface area (Å²) in [5, 5.41) is 0.755. The SMILES string of the molecule is Cc1cc(C(Cc2ccc(Cl)cc2)NN)sc1Br. The van der Waals surface area contributed by atoms with Crippen LogP contribution in [0, 0.1) is 6.92 Å². The van der Waals surface area contributed by atoms with Crippen LogP contribution in [0.5, 0.6) is 0 Å². The van der Waals surface area contributed by atoms with Crippen molar-refractivity contribution in [2.24, 2.45) is 5.84 Å². The Balaban J connectivity index is 2.16. The smallest absolute Gasteiger partial charge is 0.0731 e. The number of nitrogens with one attached hydrogen (secondary N) is 1. The van der Waals surface area contributed by atoms with Crippen LogP contribution in [0.25, 0.3) is 0 Å². The van der Waals surface area contributed by atoms with E-state index in [1.165, 1.54) is 16.0 Å². The van der Waals surface area contributed by atoms with Crippen molar-refractivity contribution in [3.63, 3.8) is 0 Å². The van der Waals surface area contributed by atoms with Gasteiger partial charge in [0.15, 0.2) is 0 Å². The number of benzene rings is 1. The molecule has 0 aliphatic heterocycles. The lowest BCUT2D eigenvalue weighted by Gasteiger charge is -2.14. The van der Waals surface area contributed by atoms with Gasteiger partial charge in [0, 0.05) is 9.90 Å². The van der Waals surface area contributed by atoms with Gasteiger partial charge >= 0.3 is 0 Å². The first-order chi connectivity index (χ1) is 8.60. The second kappa shape index (κ2) is 6.17. The average molecular weight is 346 g/mol. The Morgan fingerprint density at radius 1 is 1.39 bits per heavy atom. The molecular formula is C13H14BrClN2S. The minimum atomic E-state index is 0.126. The number of rotatable bonds is 4. The zero-order valence-corrected chi connectivity index (χ0v) is 13.1. The molecule has 0 amide bonds. The van der Waals surface area contributed by atoms with Crippen LogP contribution < -0.4 is 11.3 Å². The van der Waals surface area contributed by atoms with Crippen molar-refractivity contribution in [3.8, 4) is 0 Å². The van der Waals surface area contributed by atoms with Crippen molar-refractivity contribution in [2.45, 2.75) is 19.4 Å². The summed E-state index contributed by atoms with van der Waals surface area (Å²) in [6.45, 7) is 2.08. The highest BCUT2D eigenvalue weighted by molar-refractivity contribution is 9.11. The molecule has 0 fully saturated rings. The molecule has 1 unspecified atom stereocenters. The molecule has 18 heavy (non-hydrogen) atoms. The molecule has 1 atom stereocenters. The maximum atomic E-state index is 5.88. The molecule has 1 aromatic heterocycles. The van der Waals surface area contributed by atoms with Crippen LogP contribution in [0.15, 0.2) is 34.1 Å². The quantitative estimate of drug-likeness (QED) is 0.643. The van der Waals surface area contributed by atoms with Crippen LogP contribution in [0.1, 0.15) is 22.0 Å². The van der Waals surface area contributed by atoms with Gasteiger partial charge in [-0.15, -0.1) is 11.3 Å². The van der Waals surface area contributed by atoms with E-state index in [-0.39, 0.29) is 6.04 Å². The molecule has 2 nitrogen and oxygen atoms in total. The van der Waals surface area contributed by atoms with Crippen molar-refractivity contribution in [1.29, 1.82) is 0 Å². The lowest BCUT2D eigenvalue weighted by atomic mass is 10.0. The molecule has 1 aromatic carbocycles. The number of thiophene rings is 1. The number of hydrogen-bond acceptors (Lipinski definition) is 3. The van der Waals surface area contributed by atoms with Crippen LogP contribution >= 0.6 is 38.9 Å². The predicted octanol–water partition coefficient (Wildman–Crippen LogP) is 4.22. The van der Waals surface area contributed by atoms with Gasteiger partial charge in [0.2, 0.25) is 0 Å². The highest BCUT2D eigenvalue weighted by Crippen LogP contribution is 2.32. The van der Waals surface area contributed by atoms with E-state index in [1.54, 1.807) is 11.3 Å². The van der Waals surface area contributed by atoms with Crippen molar-refractivity contribution in [3.05, 3.63) is 55.1 Å². The maximum absolute atomic E-state index is 5.88. The van der Waals surface area contributed by atoms with E-state index in [2.05, 4.69) is 34.3 Å². The molecule has 0 saturated carbocycles. The predicted molar refractivity (Wildman–Crippen MR) is 82.0 cm³/mol. The normalized spacial score (nSPS) is 12.7. The molecule has 3 N–H and O–H groups in total. The Hall–Kier alpha value is -0.390. The van der Waals surface area contributed by atoms with Gasteiger partial charge in [-0.2, -0.15) is 0 Å². The maximum Gasteiger partial charge on any atom is 0.0731 e. The summed E-state index contributed by atoms with van der Waals surface area (Å²) in [4.78, 5) is 1.23. The van der Waals surface area contributed by atoms with Gasteiger partial charge in [0.25, 0.3) is 0 Å². The summed E-state index contributed by atoms with van der Waals surface area (Å²) >= 11 is 11.1. The molecule has 0 spiro atoms. The molecule has 0 aliphatic rings. The zero-order valence-electron chi connectivity index (χ0n) is 9.91. The molecular weight excluding hydrogens is 332 g/mol. The Morgan fingerprint density at radius 2 is 2.06 bits per heavy atom. The first-order valence-corrected chi connectivity index (χ1v) is 7.55. The van der Waals surface area contributed by atoms with Crippen LogP contribution in [0.3, 0.4) is 0 Å². The monoisotopic (exact) mass is 344 g/mol. The molecule has 0 radical (unpaired) electrons. The molecule has 96 valence electrons. The zero-order chi connectivity index (χ0) is 13.1. The van der Waals surface area contributed by atoms with E-state index in [0.29, 0.717) is 0 Å². The molecule has 2 rings (SSSR count). The highest BCUT2D eigenvalue weighted by atomic mass is 79.9. The topological polar surface area (TPSA) is 38.0 Å². The van der Waals surface area contributed by atoms with Crippen LogP contribution in [0.2, 0.25) is 5.02 Å². The third-order valence-electron chi connectivity index (χ3n) is 2.77. The summed E-state index contributed by atoms with van der Waals surface area (Å²) in [5.41, 5.74) is 5.33. The first kappa shape index (κ1) is 14.0. The summed E-state index contributed by atoms with van der Waals surface area (Å²) in [5.74, 6) is 5.66. The lowest BCUT2D eigenvalue weighted by Crippen LogP contribution is -2.28. The van der Waals surface area contributed by atoms with E-state index in [0.717, 1.165) is 15.2 Å².